The zero-order chi connectivity index (χ0) is 18.7. The van der Waals surface area contributed by atoms with Crippen LogP contribution in [-0.4, -0.2) is 47.9 Å². The van der Waals surface area contributed by atoms with Crippen molar-refractivity contribution >= 4 is 5.91 Å². The molecule has 1 atom stereocenters. The molecule has 0 radical (unpaired) electrons. The normalized spacial score (nSPS) is 15.9. The van der Waals surface area contributed by atoms with Crippen molar-refractivity contribution in [2.24, 2.45) is 5.92 Å². The zero-order valence-electron chi connectivity index (χ0n) is 16.0. The van der Waals surface area contributed by atoms with Gasteiger partial charge in [-0.3, -0.25) is 9.48 Å². The van der Waals surface area contributed by atoms with Crippen molar-refractivity contribution in [2.45, 2.75) is 33.2 Å². The van der Waals surface area contributed by atoms with Crippen molar-refractivity contribution in [3.8, 4) is 11.5 Å². The third kappa shape index (κ3) is 3.84. The third-order valence-corrected chi connectivity index (χ3v) is 4.87. The van der Waals surface area contributed by atoms with Gasteiger partial charge in [0.15, 0.2) is 11.5 Å². The van der Waals surface area contributed by atoms with Crippen LogP contribution in [0.15, 0.2) is 24.3 Å². The SMILES string of the molecule is COc1cccc2c1OC[C@H](C(=O)N(C)CCCn1nc(C)cc1C)C2. The van der Waals surface area contributed by atoms with E-state index >= 15 is 0 Å². The molecular formula is C20H27N3O3. The number of hydrogen-bond donors (Lipinski definition) is 0. The Morgan fingerprint density at radius 1 is 1.42 bits per heavy atom. The lowest BCUT2D eigenvalue weighted by Gasteiger charge is -2.29. The number of nitrogens with zero attached hydrogens (tertiary/aromatic N) is 3. The van der Waals surface area contributed by atoms with Crippen LogP contribution in [-0.2, 0) is 17.8 Å². The first-order valence-electron chi connectivity index (χ1n) is 9.04. The highest BCUT2D eigenvalue weighted by molar-refractivity contribution is 5.79. The number of hydrogen-bond acceptors (Lipinski definition) is 4. The summed E-state index contributed by atoms with van der Waals surface area (Å²) in [6.45, 7) is 5.97. The van der Waals surface area contributed by atoms with Gasteiger partial charge in [-0.15, -0.1) is 0 Å². The van der Waals surface area contributed by atoms with E-state index in [0.717, 1.165) is 41.4 Å². The van der Waals surface area contributed by atoms with Crippen molar-refractivity contribution in [2.75, 3.05) is 27.3 Å². The second kappa shape index (κ2) is 7.81. The number of carbonyl (C=O) groups is 1. The van der Waals surface area contributed by atoms with E-state index in [2.05, 4.69) is 18.1 Å². The zero-order valence-corrected chi connectivity index (χ0v) is 16.0. The third-order valence-electron chi connectivity index (χ3n) is 4.87. The van der Waals surface area contributed by atoms with Gasteiger partial charge in [0.2, 0.25) is 5.91 Å². The summed E-state index contributed by atoms with van der Waals surface area (Å²) in [4.78, 5) is 14.6. The van der Waals surface area contributed by atoms with Gasteiger partial charge in [-0.2, -0.15) is 5.10 Å². The molecule has 2 aromatic rings. The number of aromatic nitrogens is 2. The first-order chi connectivity index (χ1) is 12.5. The number of fused-ring (bicyclic) bond motifs is 1. The predicted octanol–water partition coefficient (Wildman–Crippen LogP) is 2.61. The summed E-state index contributed by atoms with van der Waals surface area (Å²) in [7, 11) is 3.50. The van der Waals surface area contributed by atoms with Gasteiger partial charge >= 0.3 is 0 Å². The van der Waals surface area contributed by atoms with Crippen LogP contribution in [0, 0.1) is 19.8 Å². The fourth-order valence-corrected chi connectivity index (χ4v) is 3.49. The number of para-hydroxylation sites is 1. The molecule has 0 spiro atoms. The van der Waals surface area contributed by atoms with Gasteiger partial charge in [-0.05, 0) is 44.4 Å². The van der Waals surface area contributed by atoms with Crippen LogP contribution >= 0.6 is 0 Å². The minimum Gasteiger partial charge on any atom is -0.493 e. The molecular weight excluding hydrogens is 330 g/mol. The lowest BCUT2D eigenvalue weighted by molar-refractivity contribution is -0.135. The number of rotatable bonds is 6. The molecule has 0 N–H and O–H groups in total. The van der Waals surface area contributed by atoms with Gasteiger partial charge in [0.05, 0.1) is 18.7 Å². The Morgan fingerprint density at radius 3 is 2.92 bits per heavy atom. The standard InChI is InChI=1S/C20H27N3O3/c1-14-11-15(2)23(21-14)10-6-9-22(3)20(24)17-12-16-7-5-8-18(25-4)19(16)26-13-17/h5,7-8,11,17H,6,9-10,12-13H2,1-4H3/t17-/m1/s1. The Labute approximate surface area is 154 Å². The molecule has 0 fully saturated rings. The minimum absolute atomic E-state index is 0.131. The summed E-state index contributed by atoms with van der Waals surface area (Å²) in [5.74, 6) is 1.48. The maximum atomic E-state index is 12.8. The number of methoxy groups -OCH3 is 1. The second-order valence-corrected chi connectivity index (χ2v) is 6.92. The number of aryl methyl sites for hydroxylation is 3. The van der Waals surface area contributed by atoms with E-state index in [0.29, 0.717) is 19.6 Å². The smallest absolute Gasteiger partial charge is 0.229 e. The fraction of sp³-hybridized carbons (Fsp3) is 0.500. The van der Waals surface area contributed by atoms with Gasteiger partial charge in [-0.25, -0.2) is 0 Å². The summed E-state index contributed by atoms with van der Waals surface area (Å²) in [5, 5.41) is 4.46. The monoisotopic (exact) mass is 357 g/mol. The van der Waals surface area contributed by atoms with Crippen molar-refractivity contribution in [1.29, 1.82) is 0 Å². The van der Waals surface area contributed by atoms with E-state index in [1.807, 2.05) is 41.8 Å². The number of benzene rings is 1. The molecule has 0 aliphatic carbocycles. The predicted molar refractivity (Wildman–Crippen MR) is 99.6 cm³/mol. The lowest BCUT2D eigenvalue weighted by Crippen LogP contribution is -2.39. The highest BCUT2D eigenvalue weighted by Crippen LogP contribution is 2.36. The molecule has 2 heterocycles. The van der Waals surface area contributed by atoms with Gasteiger partial charge in [0.25, 0.3) is 0 Å². The van der Waals surface area contributed by atoms with Crippen molar-refractivity contribution in [3.63, 3.8) is 0 Å². The Balaban J connectivity index is 1.54. The largest absolute Gasteiger partial charge is 0.493 e. The molecule has 0 saturated carbocycles. The van der Waals surface area contributed by atoms with E-state index < -0.39 is 0 Å². The van der Waals surface area contributed by atoms with E-state index in [4.69, 9.17) is 9.47 Å². The molecule has 1 aromatic carbocycles. The summed E-state index contributed by atoms with van der Waals surface area (Å²) in [6.07, 6.45) is 1.56. The number of amides is 1. The van der Waals surface area contributed by atoms with Crippen LogP contribution in [0.25, 0.3) is 0 Å². The first kappa shape index (κ1) is 18.3. The van der Waals surface area contributed by atoms with Crippen LogP contribution in [0.5, 0.6) is 11.5 Å². The van der Waals surface area contributed by atoms with Crippen LogP contribution in [0.1, 0.15) is 23.4 Å². The Kier molecular flexibility index (Phi) is 5.49. The van der Waals surface area contributed by atoms with Gasteiger partial charge < -0.3 is 14.4 Å². The first-order valence-corrected chi connectivity index (χ1v) is 9.04. The molecule has 1 aliphatic rings. The Hall–Kier alpha value is -2.50. The van der Waals surface area contributed by atoms with E-state index in [-0.39, 0.29) is 11.8 Å². The molecule has 1 amide bonds. The van der Waals surface area contributed by atoms with Crippen molar-refractivity contribution < 1.29 is 14.3 Å². The topological polar surface area (TPSA) is 56.6 Å². The minimum atomic E-state index is -0.145. The van der Waals surface area contributed by atoms with Gasteiger partial charge in [-0.1, -0.05) is 12.1 Å². The quantitative estimate of drug-likeness (QED) is 0.797. The molecule has 1 aliphatic heterocycles. The molecule has 26 heavy (non-hydrogen) atoms. The number of carbonyl (C=O) groups excluding carboxylic acids is 1. The Bertz CT molecular complexity index is 785. The summed E-state index contributed by atoms with van der Waals surface area (Å²) >= 11 is 0. The Morgan fingerprint density at radius 2 is 2.23 bits per heavy atom. The highest BCUT2D eigenvalue weighted by atomic mass is 16.5. The number of ether oxygens (including phenoxy) is 2. The average molecular weight is 357 g/mol. The van der Waals surface area contributed by atoms with Crippen LogP contribution in [0.2, 0.25) is 0 Å². The molecule has 1 aromatic heterocycles. The van der Waals surface area contributed by atoms with Crippen molar-refractivity contribution in [1.82, 2.24) is 14.7 Å². The van der Waals surface area contributed by atoms with E-state index in [1.165, 1.54) is 0 Å². The molecule has 3 rings (SSSR count). The second-order valence-electron chi connectivity index (χ2n) is 6.92. The van der Waals surface area contributed by atoms with Crippen LogP contribution < -0.4 is 9.47 Å². The summed E-state index contributed by atoms with van der Waals surface area (Å²) in [6, 6.07) is 7.89. The molecule has 140 valence electrons. The highest BCUT2D eigenvalue weighted by Gasteiger charge is 2.29. The van der Waals surface area contributed by atoms with Crippen LogP contribution in [0.3, 0.4) is 0 Å². The van der Waals surface area contributed by atoms with Gasteiger partial charge in [0, 0.05) is 25.8 Å². The molecule has 0 unspecified atom stereocenters. The van der Waals surface area contributed by atoms with E-state index in [9.17, 15) is 4.79 Å². The van der Waals surface area contributed by atoms with Crippen LogP contribution in [0.4, 0.5) is 0 Å². The summed E-state index contributed by atoms with van der Waals surface area (Å²) < 4.78 is 13.2. The maximum Gasteiger partial charge on any atom is 0.229 e. The molecule has 0 saturated heterocycles. The lowest BCUT2D eigenvalue weighted by atomic mass is 9.95. The van der Waals surface area contributed by atoms with Crippen molar-refractivity contribution in [3.05, 3.63) is 41.2 Å². The molecule has 6 nitrogen and oxygen atoms in total. The fourth-order valence-electron chi connectivity index (χ4n) is 3.49. The average Bonchev–Trinajstić information content (AvgIpc) is 2.97. The molecule has 0 bridgehead atoms. The van der Waals surface area contributed by atoms with Gasteiger partial charge in [0.1, 0.15) is 6.61 Å². The summed E-state index contributed by atoms with van der Waals surface area (Å²) in [5.41, 5.74) is 3.22. The molecule has 6 heteroatoms. The maximum absolute atomic E-state index is 12.8. The van der Waals surface area contributed by atoms with E-state index in [1.54, 1.807) is 7.11 Å².